The summed E-state index contributed by atoms with van der Waals surface area (Å²) in [6.45, 7) is 7.42. The molecule has 1 aromatic carbocycles. The molecule has 0 saturated carbocycles. The highest BCUT2D eigenvalue weighted by Crippen LogP contribution is 2.26. The monoisotopic (exact) mass is 366 g/mol. The fourth-order valence-electron chi connectivity index (χ4n) is 3.50. The lowest BCUT2D eigenvalue weighted by Crippen LogP contribution is -2.37. The Morgan fingerprint density at radius 2 is 2.04 bits per heavy atom. The van der Waals surface area contributed by atoms with E-state index in [2.05, 4.69) is 46.3 Å². The summed E-state index contributed by atoms with van der Waals surface area (Å²) in [6, 6.07) is 10.8. The molecule has 0 aliphatic carbocycles. The minimum absolute atomic E-state index is 0.104. The maximum atomic E-state index is 6.00. The lowest BCUT2D eigenvalue weighted by Gasteiger charge is -2.32. The van der Waals surface area contributed by atoms with Crippen molar-refractivity contribution < 1.29 is 9.26 Å². The van der Waals surface area contributed by atoms with E-state index in [1.807, 2.05) is 30.9 Å². The van der Waals surface area contributed by atoms with E-state index in [-0.39, 0.29) is 6.10 Å². The summed E-state index contributed by atoms with van der Waals surface area (Å²) in [4.78, 5) is 2.36. The number of aromatic nitrogens is 3. The molecular weight excluding hydrogens is 340 g/mol. The molecule has 0 radical (unpaired) electrons. The van der Waals surface area contributed by atoms with Crippen molar-refractivity contribution in [3.05, 3.63) is 59.1 Å². The third-order valence-electron chi connectivity index (χ3n) is 5.36. The van der Waals surface area contributed by atoms with Gasteiger partial charge in [-0.15, -0.1) is 0 Å². The molecule has 0 amide bonds. The molecule has 1 fully saturated rings. The third kappa shape index (κ3) is 3.82. The van der Waals surface area contributed by atoms with Crippen LogP contribution in [0.15, 0.2) is 41.1 Å². The highest BCUT2D eigenvalue weighted by molar-refractivity contribution is 5.60. The Labute approximate surface area is 159 Å². The Morgan fingerprint density at radius 3 is 2.74 bits per heavy atom. The van der Waals surface area contributed by atoms with Crippen LogP contribution in [0.5, 0.6) is 0 Å². The van der Waals surface area contributed by atoms with Crippen LogP contribution in [0.1, 0.15) is 35.6 Å². The maximum Gasteiger partial charge on any atom is 0.151 e. The van der Waals surface area contributed by atoms with Gasteiger partial charge in [0.15, 0.2) is 5.76 Å². The fourth-order valence-corrected chi connectivity index (χ4v) is 3.50. The molecule has 6 nitrogen and oxygen atoms in total. The van der Waals surface area contributed by atoms with Crippen molar-refractivity contribution in [2.24, 2.45) is 7.05 Å². The van der Waals surface area contributed by atoms with Gasteiger partial charge in [-0.05, 0) is 24.5 Å². The van der Waals surface area contributed by atoms with Crippen LogP contribution in [0.3, 0.4) is 0 Å². The Balaban J connectivity index is 1.43. The number of morpholine rings is 1. The van der Waals surface area contributed by atoms with Gasteiger partial charge in [0.1, 0.15) is 5.69 Å². The van der Waals surface area contributed by atoms with Gasteiger partial charge in [-0.2, -0.15) is 5.10 Å². The van der Waals surface area contributed by atoms with Crippen molar-refractivity contribution in [1.29, 1.82) is 0 Å². The van der Waals surface area contributed by atoms with E-state index in [1.54, 1.807) is 0 Å². The number of aryl methyl sites for hydroxylation is 2. The third-order valence-corrected chi connectivity index (χ3v) is 5.36. The largest absolute Gasteiger partial charge is 0.371 e. The zero-order valence-electron chi connectivity index (χ0n) is 16.2. The first kappa shape index (κ1) is 17.9. The van der Waals surface area contributed by atoms with Crippen molar-refractivity contribution in [3.8, 4) is 11.3 Å². The van der Waals surface area contributed by atoms with Gasteiger partial charge in [0, 0.05) is 37.5 Å². The highest BCUT2D eigenvalue weighted by Gasteiger charge is 2.23. The van der Waals surface area contributed by atoms with Crippen molar-refractivity contribution in [1.82, 2.24) is 19.8 Å². The molecule has 142 valence electrons. The molecule has 0 bridgehead atoms. The normalized spacial score (nSPS) is 18.1. The number of benzene rings is 1. The van der Waals surface area contributed by atoms with Gasteiger partial charge in [-0.25, -0.2) is 0 Å². The first-order chi connectivity index (χ1) is 13.1. The average Bonchev–Trinajstić information content (AvgIpc) is 3.29. The lowest BCUT2D eigenvalue weighted by atomic mass is 10.0. The number of ether oxygens (including phenoxy) is 1. The average molecular weight is 366 g/mol. The molecule has 0 N–H and O–H groups in total. The predicted octanol–water partition coefficient (Wildman–Crippen LogP) is 3.52. The minimum atomic E-state index is 0.104. The van der Waals surface area contributed by atoms with E-state index in [4.69, 9.17) is 9.26 Å². The van der Waals surface area contributed by atoms with Crippen molar-refractivity contribution in [2.75, 3.05) is 19.7 Å². The molecule has 1 aliphatic heterocycles. The molecule has 0 spiro atoms. The zero-order chi connectivity index (χ0) is 18.8. The van der Waals surface area contributed by atoms with E-state index in [0.717, 1.165) is 55.4 Å². The summed E-state index contributed by atoms with van der Waals surface area (Å²) in [5.74, 6) is 0.871. The van der Waals surface area contributed by atoms with E-state index in [0.29, 0.717) is 0 Å². The number of hydrogen-bond donors (Lipinski definition) is 0. The van der Waals surface area contributed by atoms with E-state index < -0.39 is 0 Å². The summed E-state index contributed by atoms with van der Waals surface area (Å²) in [6.07, 6.45) is 3.00. The smallest absolute Gasteiger partial charge is 0.151 e. The summed E-state index contributed by atoms with van der Waals surface area (Å²) in [5.41, 5.74) is 5.53. The fraction of sp³-hybridized carbons (Fsp3) is 0.429. The van der Waals surface area contributed by atoms with Crippen LogP contribution in [0.4, 0.5) is 0 Å². The van der Waals surface area contributed by atoms with Gasteiger partial charge < -0.3 is 9.26 Å². The maximum absolute atomic E-state index is 6.00. The number of rotatable bonds is 5. The van der Waals surface area contributed by atoms with Gasteiger partial charge in [0.2, 0.25) is 0 Å². The van der Waals surface area contributed by atoms with Crippen molar-refractivity contribution in [2.45, 2.75) is 32.9 Å². The second-order valence-corrected chi connectivity index (χ2v) is 7.14. The van der Waals surface area contributed by atoms with Gasteiger partial charge in [0.25, 0.3) is 0 Å². The van der Waals surface area contributed by atoms with Gasteiger partial charge in [-0.3, -0.25) is 9.58 Å². The summed E-state index contributed by atoms with van der Waals surface area (Å²) in [7, 11) is 1.93. The molecule has 1 saturated heterocycles. The van der Waals surface area contributed by atoms with Gasteiger partial charge >= 0.3 is 0 Å². The second kappa shape index (κ2) is 7.66. The molecule has 2 aromatic heterocycles. The Kier molecular flexibility index (Phi) is 5.09. The second-order valence-electron chi connectivity index (χ2n) is 7.14. The predicted molar refractivity (Wildman–Crippen MR) is 103 cm³/mol. The van der Waals surface area contributed by atoms with Crippen LogP contribution in [-0.2, 0) is 24.8 Å². The SMILES string of the molecule is CCc1ccc(C2CN(Cc3cc(-c4cnn(C)c4C)no3)CCO2)cc1. The molecule has 1 atom stereocenters. The lowest BCUT2D eigenvalue weighted by molar-refractivity contribution is -0.0351. The summed E-state index contributed by atoms with van der Waals surface area (Å²) in [5, 5.41) is 8.52. The topological polar surface area (TPSA) is 56.3 Å². The quantitative estimate of drug-likeness (QED) is 0.691. The molecule has 6 heteroatoms. The summed E-state index contributed by atoms with van der Waals surface area (Å²) >= 11 is 0. The van der Waals surface area contributed by atoms with E-state index in [9.17, 15) is 0 Å². The van der Waals surface area contributed by atoms with Gasteiger partial charge in [-0.1, -0.05) is 36.3 Å². The van der Waals surface area contributed by atoms with Crippen LogP contribution in [0.2, 0.25) is 0 Å². The molecule has 1 aliphatic rings. The molecular formula is C21H26N4O2. The minimum Gasteiger partial charge on any atom is -0.371 e. The highest BCUT2D eigenvalue weighted by atomic mass is 16.5. The first-order valence-electron chi connectivity index (χ1n) is 9.51. The molecule has 27 heavy (non-hydrogen) atoms. The van der Waals surface area contributed by atoms with Crippen LogP contribution in [0.25, 0.3) is 11.3 Å². The number of hydrogen-bond acceptors (Lipinski definition) is 5. The van der Waals surface area contributed by atoms with Crippen LogP contribution >= 0.6 is 0 Å². The van der Waals surface area contributed by atoms with E-state index in [1.165, 1.54) is 11.1 Å². The Bertz CT molecular complexity index is 897. The molecule has 1 unspecified atom stereocenters. The van der Waals surface area contributed by atoms with Crippen molar-refractivity contribution >= 4 is 0 Å². The Hall–Kier alpha value is -2.44. The van der Waals surface area contributed by atoms with Crippen LogP contribution < -0.4 is 0 Å². The number of nitrogens with zero attached hydrogens (tertiary/aromatic N) is 4. The Morgan fingerprint density at radius 1 is 1.22 bits per heavy atom. The standard InChI is InChI=1S/C21H26N4O2/c1-4-16-5-7-17(8-6-16)21-14-25(9-10-26-21)13-18-11-20(23-27-18)19-12-22-24(3)15(19)2/h5-8,11-12,21H,4,9-10,13-14H2,1-3H3. The zero-order valence-corrected chi connectivity index (χ0v) is 16.2. The molecule has 3 aromatic rings. The molecule has 4 rings (SSSR count). The van der Waals surface area contributed by atoms with E-state index >= 15 is 0 Å². The molecule has 3 heterocycles. The summed E-state index contributed by atoms with van der Waals surface area (Å²) < 4.78 is 13.4. The van der Waals surface area contributed by atoms with Gasteiger partial charge in [0.05, 0.1) is 25.5 Å². The first-order valence-corrected chi connectivity index (χ1v) is 9.51. The van der Waals surface area contributed by atoms with Crippen LogP contribution in [0, 0.1) is 6.92 Å². The van der Waals surface area contributed by atoms with Crippen LogP contribution in [-0.4, -0.2) is 39.5 Å². The van der Waals surface area contributed by atoms with Crippen molar-refractivity contribution in [3.63, 3.8) is 0 Å².